The number of hydrogen-bond acceptors (Lipinski definition) is 4. The van der Waals surface area contributed by atoms with Crippen molar-refractivity contribution in [3.05, 3.63) is 23.3 Å². The highest BCUT2D eigenvalue weighted by molar-refractivity contribution is 6.04. The Labute approximate surface area is 113 Å². The third kappa shape index (κ3) is 2.21. The molecule has 0 aliphatic heterocycles. The fourth-order valence-electron chi connectivity index (χ4n) is 2.62. The minimum Gasteiger partial charge on any atom is -0.497 e. The van der Waals surface area contributed by atoms with E-state index < -0.39 is 5.41 Å². The summed E-state index contributed by atoms with van der Waals surface area (Å²) >= 11 is 0. The fraction of sp³-hybridized carbons (Fsp3) is 0.533. The van der Waals surface area contributed by atoms with Crippen LogP contribution < -0.4 is 9.47 Å². The lowest BCUT2D eigenvalue weighted by molar-refractivity contribution is 0.0344. The van der Waals surface area contributed by atoms with Crippen LogP contribution in [-0.2, 0) is 0 Å². The van der Waals surface area contributed by atoms with Crippen LogP contribution in [0, 0.1) is 12.3 Å². The maximum absolute atomic E-state index is 12.7. The molecule has 4 heteroatoms. The first-order valence-electron chi connectivity index (χ1n) is 6.46. The van der Waals surface area contributed by atoms with Gasteiger partial charge >= 0.3 is 0 Å². The van der Waals surface area contributed by atoms with Gasteiger partial charge in [-0.25, -0.2) is 0 Å². The molecule has 1 N–H and O–H groups in total. The van der Waals surface area contributed by atoms with E-state index >= 15 is 0 Å². The lowest BCUT2D eigenvalue weighted by Crippen LogP contribution is -2.41. The normalized spacial score (nSPS) is 16.6. The second-order valence-corrected chi connectivity index (χ2v) is 5.14. The van der Waals surface area contributed by atoms with E-state index in [1.54, 1.807) is 13.2 Å². The van der Waals surface area contributed by atoms with Crippen molar-refractivity contribution in [3.63, 3.8) is 0 Å². The number of carbonyl (C=O) groups is 1. The Morgan fingerprint density at radius 1 is 1.32 bits per heavy atom. The van der Waals surface area contributed by atoms with Crippen LogP contribution in [0.4, 0.5) is 0 Å². The predicted molar refractivity (Wildman–Crippen MR) is 72.0 cm³/mol. The first-order valence-corrected chi connectivity index (χ1v) is 6.46. The van der Waals surface area contributed by atoms with Crippen LogP contribution in [0.25, 0.3) is 0 Å². The number of aliphatic hydroxyl groups excluding tert-OH is 1. The third-order valence-corrected chi connectivity index (χ3v) is 4.05. The number of aryl methyl sites for hydroxylation is 1. The van der Waals surface area contributed by atoms with E-state index in [0.717, 1.165) is 24.8 Å². The Hall–Kier alpha value is -1.55. The van der Waals surface area contributed by atoms with Gasteiger partial charge in [0.15, 0.2) is 5.78 Å². The van der Waals surface area contributed by atoms with Crippen LogP contribution in [-0.4, -0.2) is 31.7 Å². The molecule has 19 heavy (non-hydrogen) atoms. The zero-order chi connectivity index (χ0) is 14.0. The lowest BCUT2D eigenvalue weighted by atomic mass is 9.64. The molecule has 0 spiro atoms. The van der Waals surface area contributed by atoms with Gasteiger partial charge in [-0.3, -0.25) is 4.79 Å². The first kappa shape index (κ1) is 13.9. The van der Waals surface area contributed by atoms with Crippen molar-refractivity contribution >= 4 is 5.78 Å². The van der Waals surface area contributed by atoms with Crippen molar-refractivity contribution in [3.8, 4) is 11.5 Å². The van der Waals surface area contributed by atoms with Crippen LogP contribution in [0.2, 0.25) is 0 Å². The number of benzene rings is 1. The Morgan fingerprint density at radius 3 is 2.42 bits per heavy atom. The molecular formula is C15H20O4. The molecule has 0 heterocycles. The van der Waals surface area contributed by atoms with Crippen LogP contribution >= 0.6 is 0 Å². The van der Waals surface area contributed by atoms with Gasteiger partial charge in [0, 0.05) is 6.07 Å². The Morgan fingerprint density at radius 2 is 2.00 bits per heavy atom. The highest BCUT2D eigenvalue weighted by Crippen LogP contribution is 2.45. The molecule has 0 bridgehead atoms. The zero-order valence-electron chi connectivity index (χ0n) is 11.7. The van der Waals surface area contributed by atoms with Gasteiger partial charge in [-0.05, 0) is 31.4 Å². The molecule has 0 radical (unpaired) electrons. The molecule has 1 saturated carbocycles. The van der Waals surface area contributed by atoms with Crippen LogP contribution in [0.1, 0.15) is 35.2 Å². The Bertz CT molecular complexity index is 484. The molecule has 0 saturated heterocycles. The van der Waals surface area contributed by atoms with Crippen LogP contribution in [0.5, 0.6) is 11.5 Å². The van der Waals surface area contributed by atoms with Gasteiger partial charge in [-0.15, -0.1) is 0 Å². The number of ether oxygens (including phenoxy) is 2. The summed E-state index contributed by atoms with van der Waals surface area (Å²) in [6.45, 7) is 1.77. The summed E-state index contributed by atoms with van der Waals surface area (Å²) < 4.78 is 10.5. The summed E-state index contributed by atoms with van der Waals surface area (Å²) in [5.41, 5.74) is 0.782. The van der Waals surface area contributed by atoms with Crippen molar-refractivity contribution in [2.45, 2.75) is 26.2 Å². The number of rotatable bonds is 5. The van der Waals surface area contributed by atoms with E-state index in [4.69, 9.17) is 9.47 Å². The first-order chi connectivity index (χ1) is 9.07. The van der Waals surface area contributed by atoms with E-state index in [9.17, 15) is 9.90 Å². The van der Waals surface area contributed by atoms with Crippen molar-refractivity contribution < 1.29 is 19.4 Å². The predicted octanol–water partition coefficient (Wildman–Crippen LogP) is 2.36. The van der Waals surface area contributed by atoms with Gasteiger partial charge in [0.25, 0.3) is 0 Å². The van der Waals surface area contributed by atoms with E-state index in [1.165, 1.54) is 7.11 Å². The molecule has 0 aromatic heterocycles. The minimum absolute atomic E-state index is 0.0155. The molecule has 4 nitrogen and oxygen atoms in total. The van der Waals surface area contributed by atoms with E-state index in [0.29, 0.717) is 17.1 Å². The molecule has 1 aliphatic rings. The maximum Gasteiger partial charge on any atom is 0.175 e. The van der Waals surface area contributed by atoms with Crippen molar-refractivity contribution in [2.24, 2.45) is 5.41 Å². The van der Waals surface area contributed by atoms with Crippen molar-refractivity contribution in [2.75, 3.05) is 20.8 Å². The average Bonchev–Trinajstić information content (AvgIpc) is 2.36. The zero-order valence-corrected chi connectivity index (χ0v) is 11.7. The fourth-order valence-corrected chi connectivity index (χ4v) is 2.62. The number of ketones is 1. The molecule has 0 amide bonds. The molecule has 1 aromatic rings. The highest BCUT2D eigenvalue weighted by atomic mass is 16.5. The van der Waals surface area contributed by atoms with E-state index in [-0.39, 0.29) is 12.4 Å². The third-order valence-electron chi connectivity index (χ3n) is 4.05. The number of Topliss-reactive ketones (excluding diaryl/α,β-unsaturated/α-hetero) is 1. The van der Waals surface area contributed by atoms with Gasteiger partial charge in [0.2, 0.25) is 0 Å². The Balaban J connectivity index is 2.46. The van der Waals surface area contributed by atoms with Gasteiger partial charge in [-0.1, -0.05) is 6.42 Å². The second kappa shape index (κ2) is 5.21. The number of hydrogen-bond donors (Lipinski definition) is 1. The van der Waals surface area contributed by atoms with Crippen LogP contribution in [0.15, 0.2) is 12.1 Å². The SMILES string of the molecule is COc1cc(C)c(C(=O)C2(CO)CCC2)c(OC)c1. The van der Waals surface area contributed by atoms with Gasteiger partial charge in [0.1, 0.15) is 11.5 Å². The summed E-state index contributed by atoms with van der Waals surface area (Å²) in [6.07, 6.45) is 2.48. The second-order valence-electron chi connectivity index (χ2n) is 5.14. The maximum atomic E-state index is 12.7. The lowest BCUT2D eigenvalue weighted by Gasteiger charge is -2.39. The Kier molecular flexibility index (Phi) is 3.80. The number of aliphatic hydroxyl groups is 1. The molecule has 2 rings (SSSR count). The standard InChI is InChI=1S/C15H20O4/c1-10-7-11(18-2)8-12(19-3)13(10)14(17)15(9-16)5-4-6-15/h7-8,16H,4-6,9H2,1-3H3. The quantitative estimate of drug-likeness (QED) is 0.829. The molecule has 0 unspecified atom stereocenters. The summed E-state index contributed by atoms with van der Waals surface area (Å²) in [4.78, 5) is 12.7. The highest BCUT2D eigenvalue weighted by Gasteiger charge is 2.45. The van der Waals surface area contributed by atoms with E-state index in [1.807, 2.05) is 13.0 Å². The summed E-state index contributed by atoms with van der Waals surface area (Å²) in [7, 11) is 3.12. The van der Waals surface area contributed by atoms with Gasteiger partial charge < -0.3 is 14.6 Å². The molecule has 0 atom stereocenters. The molecule has 1 fully saturated rings. The molecule has 1 aromatic carbocycles. The van der Waals surface area contributed by atoms with Gasteiger partial charge in [0.05, 0.1) is 31.8 Å². The summed E-state index contributed by atoms with van der Waals surface area (Å²) in [5, 5.41) is 9.54. The van der Waals surface area contributed by atoms with Crippen LogP contribution in [0.3, 0.4) is 0 Å². The minimum atomic E-state index is -0.605. The smallest absolute Gasteiger partial charge is 0.175 e. The molecular weight excluding hydrogens is 244 g/mol. The largest absolute Gasteiger partial charge is 0.497 e. The summed E-state index contributed by atoms with van der Waals surface area (Å²) in [5.74, 6) is 1.16. The topological polar surface area (TPSA) is 55.8 Å². The van der Waals surface area contributed by atoms with E-state index in [2.05, 4.69) is 0 Å². The van der Waals surface area contributed by atoms with Crippen molar-refractivity contribution in [1.29, 1.82) is 0 Å². The monoisotopic (exact) mass is 264 g/mol. The summed E-state index contributed by atoms with van der Waals surface area (Å²) in [6, 6.07) is 3.53. The molecule has 104 valence electrons. The van der Waals surface area contributed by atoms with Crippen molar-refractivity contribution in [1.82, 2.24) is 0 Å². The number of methoxy groups -OCH3 is 2. The number of carbonyl (C=O) groups excluding carboxylic acids is 1. The van der Waals surface area contributed by atoms with Gasteiger partial charge in [-0.2, -0.15) is 0 Å². The molecule has 1 aliphatic carbocycles. The average molecular weight is 264 g/mol.